The Kier molecular flexibility index (Phi) is 2.51. The second kappa shape index (κ2) is 3.41. The third-order valence-electron chi connectivity index (χ3n) is 1.43. The molecule has 0 saturated carbocycles. The van der Waals surface area contributed by atoms with Crippen LogP contribution in [0.5, 0.6) is 0 Å². The molecule has 0 amide bonds. The van der Waals surface area contributed by atoms with Gasteiger partial charge in [-0.3, -0.25) is 5.10 Å². The fraction of sp³-hybridized carbons (Fsp3) is 0.500. The Morgan fingerprint density at radius 2 is 1.82 bits per heavy atom. The fourth-order valence-corrected chi connectivity index (χ4v) is 0.823. The van der Waals surface area contributed by atoms with Crippen LogP contribution in [0, 0.1) is 0 Å². The maximum Gasteiger partial charge on any atom is 0.134 e. The van der Waals surface area contributed by atoms with Crippen molar-refractivity contribution >= 4 is 0 Å². The van der Waals surface area contributed by atoms with E-state index >= 15 is 0 Å². The van der Waals surface area contributed by atoms with Crippen LogP contribution >= 0.6 is 0 Å². The molecule has 62 valence electrons. The largest absolute Gasteiger partial charge is 0.279 e. The second-order valence-electron chi connectivity index (χ2n) is 2.03. The standard InChI is InChI=1S/C6H7F3N2/c7-1-4-5(2-8)10-11-6(4)3-9/h1-3H2,(H,10,11). The van der Waals surface area contributed by atoms with Crippen molar-refractivity contribution in [3.63, 3.8) is 0 Å². The minimum atomic E-state index is -0.880. The van der Waals surface area contributed by atoms with E-state index in [9.17, 15) is 13.2 Å². The van der Waals surface area contributed by atoms with E-state index < -0.39 is 20.0 Å². The first kappa shape index (κ1) is 8.10. The molecule has 1 heterocycles. The Labute approximate surface area is 61.4 Å². The van der Waals surface area contributed by atoms with Gasteiger partial charge in [0, 0.05) is 5.56 Å². The molecule has 0 saturated heterocycles. The number of rotatable bonds is 3. The molecule has 0 fully saturated rings. The van der Waals surface area contributed by atoms with Crippen LogP contribution in [0.4, 0.5) is 13.2 Å². The minimum absolute atomic E-state index is 0.00926. The lowest BCUT2D eigenvalue weighted by molar-refractivity contribution is 0.437. The van der Waals surface area contributed by atoms with Crippen molar-refractivity contribution in [2.24, 2.45) is 0 Å². The topological polar surface area (TPSA) is 28.7 Å². The molecular formula is C6H7F3N2. The molecule has 0 aliphatic carbocycles. The number of halogens is 3. The van der Waals surface area contributed by atoms with E-state index in [1.165, 1.54) is 0 Å². The molecule has 0 aromatic carbocycles. The molecule has 11 heavy (non-hydrogen) atoms. The maximum atomic E-state index is 12.1. The molecule has 0 aliphatic rings. The second-order valence-corrected chi connectivity index (χ2v) is 2.03. The SMILES string of the molecule is FCc1n[nH]c(CF)c1CF. The summed E-state index contributed by atoms with van der Waals surface area (Å²) in [5, 5.41) is 5.62. The van der Waals surface area contributed by atoms with Crippen molar-refractivity contribution in [3.8, 4) is 0 Å². The van der Waals surface area contributed by atoms with E-state index in [4.69, 9.17) is 0 Å². The Bertz CT molecular complexity index is 212. The monoisotopic (exact) mass is 164 g/mol. The highest BCUT2D eigenvalue weighted by Crippen LogP contribution is 2.14. The van der Waals surface area contributed by atoms with Crippen LogP contribution in [0.25, 0.3) is 0 Å². The number of alkyl halides is 3. The average molecular weight is 164 g/mol. The number of aromatic nitrogens is 2. The van der Waals surface area contributed by atoms with E-state index in [0.29, 0.717) is 0 Å². The molecule has 0 atom stereocenters. The summed E-state index contributed by atoms with van der Waals surface area (Å²) in [6.07, 6.45) is 0. The zero-order valence-electron chi connectivity index (χ0n) is 5.70. The molecule has 1 aromatic rings. The van der Waals surface area contributed by atoms with Gasteiger partial charge in [-0.05, 0) is 0 Å². The highest BCUT2D eigenvalue weighted by atomic mass is 19.1. The lowest BCUT2D eigenvalue weighted by Gasteiger charge is -1.92. The van der Waals surface area contributed by atoms with Gasteiger partial charge in [-0.1, -0.05) is 0 Å². The van der Waals surface area contributed by atoms with Crippen LogP contribution in [0.3, 0.4) is 0 Å². The molecule has 0 bridgehead atoms. The zero-order valence-corrected chi connectivity index (χ0v) is 5.70. The summed E-state index contributed by atoms with van der Waals surface area (Å²) in [6, 6.07) is 0. The molecule has 5 heteroatoms. The Balaban J connectivity index is 2.99. The average Bonchev–Trinajstić information content (AvgIpc) is 2.45. The summed E-state index contributed by atoms with van der Waals surface area (Å²) in [4.78, 5) is 0. The van der Waals surface area contributed by atoms with Crippen LogP contribution in [-0.4, -0.2) is 10.2 Å². The Hall–Kier alpha value is -1.00. The molecule has 0 spiro atoms. The molecule has 1 N–H and O–H groups in total. The van der Waals surface area contributed by atoms with E-state index in [-0.39, 0.29) is 17.0 Å². The van der Waals surface area contributed by atoms with Crippen LogP contribution < -0.4 is 0 Å². The number of nitrogens with one attached hydrogen (secondary N) is 1. The molecule has 0 unspecified atom stereocenters. The van der Waals surface area contributed by atoms with Gasteiger partial charge in [-0.15, -0.1) is 0 Å². The van der Waals surface area contributed by atoms with E-state index in [0.717, 1.165) is 0 Å². The van der Waals surface area contributed by atoms with Gasteiger partial charge in [0.1, 0.15) is 20.0 Å². The zero-order chi connectivity index (χ0) is 8.27. The number of nitrogens with zero attached hydrogens (tertiary/aromatic N) is 1. The van der Waals surface area contributed by atoms with Gasteiger partial charge in [-0.2, -0.15) is 5.10 Å². The number of H-pyrrole nitrogens is 1. The third-order valence-corrected chi connectivity index (χ3v) is 1.43. The van der Waals surface area contributed by atoms with Crippen LogP contribution in [-0.2, 0) is 20.0 Å². The molecule has 0 radical (unpaired) electrons. The third kappa shape index (κ3) is 1.36. The van der Waals surface area contributed by atoms with E-state index in [1.807, 2.05) is 0 Å². The molecule has 1 rings (SSSR count). The van der Waals surface area contributed by atoms with Crippen LogP contribution in [0.1, 0.15) is 17.0 Å². The summed E-state index contributed by atoms with van der Waals surface area (Å²) in [6.45, 7) is -2.59. The highest BCUT2D eigenvalue weighted by molar-refractivity contribution is 5.23. The van der Waals surface area contributed by atoms with E-state index in [2.05, 4.69) is 10.2 Å². The molecular weight excluding hydrogens is 157 g/mol. The Morgan fingerprint density at radius 1 is 1.09 bits per heavy atom. The fourth-order valence-electron chi connectivity index (χ4n) is 0.823. The van der Waals surface area contributed by atoms with Gasteiger partial charge in [0.05, 0.1) is 11.4 Å². The molecule has 0 aliphatic heterocycles. The predicted octanol–water partition coefficient (Wildman–Crippen LogP) is 1.82. The van der Waals surface area contributed by atoms with Gasteiger partial charge < -0.3 is 0 Å². The Morgan fingerprint density at radius 3 is 2.27 bits per heavy atom. The first-order valence-corrected chi connectivity index (χ1v) is 3.06. The van der Waals surface area contributed by atoms with Crippen molar-refractivity contribution in [2.75, 3.05) is 0 Å². The molecule has 2 nitrogen and oxygen atoms in total. The number of hydrogen-bond acceptors (Lipinski definition) is 1. The molecule has 1 aromatic heterocycles. The number of aromatic amines is 1. The van der Waals surface area contributed by atoms with Crippen molar-refractivity contribution in [1.29, 1.82) is 0 Å². The smallest absolute Gasteiger partial charge is 0.134 e. The van der Waals surface area contributed by atoms with Crippen LogP contribution in [0.15, 0.2) is 0 Å². The lowest BCUT2D eigenvalue weighted by atomic mass is 10.2. The normalized spacial score (nSPS) is 10.5. The van der Waals surface area contributed by atoms with E-state index in [1.54, 1.807) is 0 Å². The van der Waals surface area contributed by atoms with Gasteiger partial charge in [0.15, 0.2) is 0 Å². The van der Waals surface area contributed by atoms with Crippen molar-refractivity contribution in [3.05, 3.63) is 17.0 Å². The summed E-state index contributed by atoms with van der Waals surface area (Å²) in [7, 11) is 0. The predicted molar refractivity (Wildman–Crippen MR) is 33.0 cm³/mol. The summed E-state index contributed by atoms with van der Waals surface area (Å²) < 4.78 is 36.0. The van der Waals surface area contributed by atoms with Gasteiger partial charge in [0.2, 0.25) is 0 Å². The minimum Gasteiger partial charge on any atom is -0.279 e. The highest BCUT2D eigenvalue weighted by Gasteiger charge is 2.11. The van der Waals surface area contributed by atoms with Crippen molar-refractivity contribution in [2.45, 2.75) is 20.0 Å². The van der Waals surface area contributed by atoms with Crippen molar-refractivity contribution in [1.82, 2.24) is 10.2 Å². The summed E-state index contributed by atoms with van der Waals surface area (Å²) in [5.74, 6) is 0. The summed E-state index contributed by atoms with van der Waals surface area (Å²) >= 11 is 0. The van der Waals surface area contributed by atoms with Crippen LogP contribution in [0.2, 0.25) is 0 Å². The summed E-state index contributed by atoms with van der Waals surface area (Å²) in [5.41, 5.74) is -0.00435. The van der Waals surface area contributed by atoms with Crippen molar-refractivity contribution < 1.29 is 13.2 Å². The van der Waals surface area contributed by atoms with Gasteiger partial charge in [0.25, 0.3) is 0 Å². The lowest BCUT2D eigenvalue weighted by Crippen LogP contribution is -1.88. The first-order valence-electron chi connectivity index (χ1n) is 3.06. The number of hydrogen-bond donors (Lipinski definition) is 1. The maximum absolute atomic E-state index is 12.1. The quantitative estimate of drug-likeness (QED) is 0.725. The van der Waals surface area contributed by atoms with Gasteiger partial charge >= 0.3 is 0 Å². The first-order chi connectivity index (χ1) is 5.33. The van der Waals surface area contributed by atoms with Gasteiger partial charge in [-0.25, -0.2) is 13.2 Å².